The predicted molar refractivity (Wildman–Crippen MR) is 110 cm³/mol. The van der Waals surface area contributed by atoms with Crippen molar-refractivity contribution in [3.05, 3.63) is 76.0 Å². The number of hydrogen-bond acceptors (Lipinski definition) is 3. The summed E-state index contributed by atoms with van der Waals surface area (Å²) < 4.78 is 2.95. The minimum absolute atomic E-state index is 0.0543. The molecule has 0 spiro atoms. The van der Waals surface area contributed by atoms with E-state index in [9.17, 15) is 4.79 Å². The van der Waals surface area contributed by atoms with Gasteiger partial charge in [0.2, 0.25) is 0 Å². The molecule has 0 saturated carbocycles. The number of nitrogens with zero attached hydrogens (tertiary/aromatic N) is 2. The summed E-state index contributed by atoms with van der Waals surface area (Å²) in [5.41, 5.74) is 3.67. The molecule has 4 nitrogen and oxygen atoms in total. The number of aryl methyl sites for hydroxylation is 2. The van der Waals surface area contributed by atoms with Gasteiger partial charge in [-0.2, -0.15) is 5.10 Å². The predicted octanol–water partition coefficient (Wildman–Crippen LogP) is 4.77. The third-order valence-electron chi connectivity index (χ3n) is 3.85. The van der Waals surface area contributed by atoms with Crippen LogP contribution >= 0.6 is 27.7 Å². The van der Waals surface area contributed by atoms with Crippen LogP contribution in [0.4, 0.5) is 0 Å². The van der Waals surface area contributed by atoms with E-state index in [1.165, 1.54) is 4.90 Å². The van der Waals surface area contributed by atoms with Crippen molar-refractivity contribution in [1.29, 1.82) is 0 Å². The van der Waals surface area contributed by atoms with Crippen LogP contribution in [0.15, 0.2) is 64.0 Å². The van der Waals surface area contributed by atoms with Crippen molar-refractivity contribution in [2.75, 3.05) is 12.3 Å². The van der Waals surface area contributed by atoms with Crippen molar-refractivity contribution in [2.45, 2.75) is 18.7 Å². The Labute approximate surface area is 166 Å². The van der Waals surface area contributed by atoms with E-state index in [1.54, 1.807) is 11.8 Å². The number of amides is 1. The fraction of sp³-hybridized carbons (Fsp3) is 0.200. The van der Waals surface area contributed by atoms with Gasteiger partial charge in [0.1, 0.15) is 0 Å². The van der Waals surface area contributed by atoms with Crippen molar-refractivity contribution in [1.82, 2.24) is 15.1 Å². The minimum atomic E-state index is -0.0543. The second kappa shape index (κ2) is 8.56. The first-order valence-corrected chi connectivity index (χ1v) is 10.1. The highest BCUT2D eigenvalue weighted by Gasteiger charge is 2.07. The second-order valence-corrected chi connectivity index (χ2v) is 8.03. The SMILES string of the molecule is Cc1cc(C)n(-c2ccc(C(=O)NCCSc3ccc(Br)cc3)cc2)n1. The van der Waals surface area contributed by atoms with E-state index < -0.39 is 0 Å². The maximum atomic E-state index is 12.3. The zero-order valence-electron chi connectivity index (χ0n) is 14.7. The molecule has 3 rings (SSSR count). The Balaban J connectivity index is 1.51. The molecule has 0 saturated heterocycles. The van der Waals surface area contributed by atoms with E-state index in [-0.39, 0.29) is 5.91 Å². The summed E-state index contributed by atoms with van der Waals surface area (Å²) in [5, 5.41) is 7.42. The topological polar surface area (TPSA) is 46.9 Å². The summed E-state index contributed by atoms with van der Waals surface area (Å²) in [4.78, 5) is 13.5. The van der Waals surface area contributed by atoms with Crippen molar-refractivity contribution in [2.24, 2.45) is 0 Å². The molecule has 1 heterocycles. The Bertz CT molecular complexity index is 888. The highest BCUT2D eigenvalue weighted by atomic mass is 79.9. The molecule has 0 aliphatic heterocycles. The van der Waals surface area contributed by atoms with E-state index in [0.29, 0.717) is 12.1 Å². The first-order chi connectivity index (χ1) is 12.5. The van der Waals surface area contributed by atoms with Crippen molar-refractivity contribution in [3.8, 4) is 5.69 Å². The normalized spacial score (nSPS) is 10.7. The lowest BCUT2D eigenvalue weighted by Gasteiger charge is -2.08. The summed E-state index contributed by atoms with van der Waals surface area (Å²) in [6.07, 6.45) is 0. The molecule has 0 bridgehead atoms. The largest absolute Gasteiger partial charge is 0.351 e. The molecule has 0 aliphatic carbocycles. The fourth-order valence-corrected chi connectivity index (χ4v) is 3.64. The van der Waals surface area contributed by atoms with Crippen LogP contribution in [-0.2, 0) is 0 Å². The van der Waals surface area contributed by atoms with Gasteiger partial charge in [-0.25, -0.2) is 4.68 Å². The number of hydrogen-bond donors (Lipinski definition) is 1. The fourth-order valence-electron chi connectivity index (χ4n) is 2.61. The quantitative estimate of drug-likeness (QED) is 0.453. The maximum absolute atomic E-state index is 12.3. The first kappa shape index (κ1) is 18.7. The van der Waals surface area contributed by atoms with Gasteiger partial charge in [0.25, 0.3) is 5.91 Å². The molecule has 1 aromatic heterocycles. The Hall–Kier alpha value is -2.05. The molecule has 1 amide bonds. The molecule has 3 aromatic rings. The summed E-state index contributed by atoms with van der Waals surface area (Å²) in [6.45, 7) is 4.61. The van der Waals surface area contributed by atoms with Gasteiger partial charge < -0.3 is 5.32 Å². The van der Waals surface area contributed by atoms with Gasteiger partial charge in [-0.05, 0) is 68.4 Å². The molecule has 0 radical (unpaired) electrons. The van der Waals surface area contributed by atoms with Crippen LogP contribution in [0.2, 0.25) is 0 Å². The van der Waals surface area contributed by atoms with Gasteiger partial charge in [0.05, 0.1) is 11.4 Å². The first-order valence-electron chi connectivity index (χ1n) is 8.33. The molecular weight excluding hydrogens is 410 g/mol. The monoisotopic (exact) mass is 429 g/mol. The van der Waals surface area contributed by atoms with Crippen molar-refractivity contribution in [3.63, 3.8) is 0 Å². The molecule has 134 valence electrons. The van der Waals surface area contributed by atoms with Crippen LogP contribution in [-0.4, -0.2) is 28.0 Å². The van der Waals surface area contributed by atoms with Gasteiger partial charge in [-0.3, -0.25) is 4.79 Å². The molecule has 26 heavy (non-hydrogen) atoms. The number of rotatable bonds is 6. The summed E-state index contributed by atoms with van der Waals surface area (Å²) >= 11 is 5.15. The van der Waals surface area contributed by atoms with E-state index in [1.807, 2.05) is 61.0 Å². The molecule has 0 fully saturated rings. The molecule has 2 aromatic carbocycles. The maximum Gasteiger partial charge on any atom is 0.251 e. The zero-order valence-corrected chi connectivity index (χ0v) is 17.1. The van der Waals surface area contributed by atoms with Crippen molar-refractivity contribution < 1.29 is 4.79 Å². The van der Waals surface area contributed by atoms with E-state index >= 15 is 0 Å². The highest BCUT2D eigenvalue weighted by Crippen LogP contribution is 2.20. The summed E-state index contributed by atoms with van der Waals surface area (Å²) in [7, 11) is 0. The summed E-state index contributed by atoms with van der Waals surface area (Å²) in [5.74, 6) is 0.776. The number of nitrogens with one attached hydrogen (secondary N) is 1. The van der Waals surface area contributed by atoms with Crippen LogP contribution in [0.3, 0.4) is 0 Å². The van der Waals surface area contributed by atoms with Gasteiger partial charge in [-0.1, -0.05) is 15.9 Å². The standard InChI is InChI=1S/C20H20BrN3OS/c1-14-13-15(2)24(23-14)18-7-3-16(4-8-18)20(25)22-11-12-26-19-9-5-17(21)6-10-19/h3-10,13H,11-12H2,1-2H3,(H,22,25). The number of aromatic nitrogens is 2. The van der Waals surface area contributed by atoms with Gasteiger partial charge >= 0.3 is 0 Å². The lowest BCUT2D eigenvalue weighted by molar-refractivity contribution is 0.0956. The lowest BCUT2D eigenvalue weighted by atomic mass is 10.2. The molecule has 0 unspecified atom stereocenters. The summed E-state index contributed by atoms with van der Waals surface area (Å²) in [6, 6.07) is 17.7. The van der Waals surface area contributed by atoms with Crippen LogP contribution in [0.1, 0.15) is 21.7 Å². The number of halogens is 1. The van der Waals surface area contributed by atoms with Crippen LogP contribution in [0.25, 0.3) is 5.69 Å². The number of thioether (sulfide) groups is 1. The van der Waals surface area contributed by atoms with E-state index in [0.717, 1.165) is 27.3 Å². The van der Waals surface area contributed by atoms with E-state index in [4.69, 9.17) is 0 Å². The molecular formula is C20H20BrN3OS. The molecule has 0 atom stereocenters. The van der Waals surface area contributed by atoms with Crippen LogP contribution in [0.5, 0.6) is 0 Å². The van der Waals surface area contributed by atoms with Gasteiger partial charge in [0, 0.05) is 32.9 Å². The molecule has 6 heteroatoms. The average Bonchev–Trinajstić information content (AvgIpc) is 2.98. The Morgan fingerprint density at radius 2 is 1.81 bits per heavy atom. The Morgan fingerprint density at radius 1 is 1.12 bits per heavy atom. The van der Waals surface area contributed by atoms with Crippen LogP contribution in [0, 0.1) is 13.8 Å². The number of carbonyl (C=O) groups excluding carboxylic acids is 1. The minimum Gasteiger partial charge on any atom is -0.351 e. The third-order valence-corrected chi connectivity index (χ3v) is 5.40. The molecule has 0 aliphatic rings. The van der Waals surface area contributed by atoms with E-state index in [2.05, 4.69) is 38.5 Å². The Morgan fingerprint density at radius 3 is 2.42 bits per heavy atom. The highest BCUT2D eigenvalue weighted by molar-refractivity contribution is 9.10. The Kier molecular flexibility index (Phi) is 6.16. The van der Waals surface area contributed by atoms with Gasteiger partial charge in [0.15, 0.2) is 0 Å². The van der Waals surface area contributed by atoms with Crippen LogP contribution < -0.4 is 5.32 Å². The second-order valence-electron chi connectivity index (χ2n) is 5.94. The van der Waals surface area contributed by atoms with Crippen molar-refractivity contribution >= 4 is 33.6 Å². The zero-order chi connectivity index (χ0) is 18.5. The molecule has 1 N–H and O–H groups in total. The number of carbonyl (C=O) groups is 1. The third kappa shape index (κ3) is 4.77. The average molecular weight is 430 g/mol. The lowest BCUT2D eigenvalue weighted by Crippen LogP contribution is -2.25. The smallest absolute Gasteiger partial charge is 0.251 e. The van der Waals surface area contributed by atoms with Gasteiger partial charge in [-0.15, -0.1) is 11.8 Å². The number of benzene rings is 2.